The smallest absolute Gasteiger partial charge is 0.255 e. The molecule has 2 aromatic rings. The summed E-state index contributed by atoms with van der Waals surface area (Å²) in [4.78, 5) is 39.0. The molecular weight excluding hydrogens is 406 g/mol. The van der Waals surface area contributed by atoms with Crippen LogP contribution in [0.1, 0.15) is 59.2 Å². The number of carbonyl (C=O) groups excluding carboxylic acids is 3. The van der Waals surface area contributed by atoms with Gasteiger partial charge in [0.15, 0.2) is 0 Å². The molecular formula is C25H29N3O4. The molecule has 0 spiro atoms. The summed E-state index contributed by atoms with van der Waals surface area (Å²) < 4.78 is 5.96. The molecule has 2 aromatic carbocycles. The van der Waals surface area contributed by atoms with Crippen LogP contribution in [-0.4, -0.2) is 41.8 Å². The highest BCUT2D eigenvalue weighted by Crippen LogP contribution is 2.25. The number of carbonyl (C=O) groups is 3. The first kappa shape index (κ1) is 21.9. The molecule has 1 heterocycles. The second kappa shape index (κ2) is 9.85. The summed E-state index contributed by atoms with van der Waals surface area (Å²) in [7, 11) is 0. The van der Waals surface area contributed by atoms with E-state index in [1.54, 1.807) is 41.3 Å². The fourth-order valence-electron chi connectivity index (χ4n) is 4.39. The Hall–Kier alpha value is -3.35. The number of ether oxygens (including phenoxy) is 1. The number of likely N-dealkylation sites (tertiary alicyclic amines) is 1. The third kappa shape index (κ3) is 5.10. The Bertz CT molecular complexity index is 975. The van der Waals surface area contributed by atoms with Crippen LogP contribution in [0.15, 0.2) is 48.5 Å². The Morgan fingerprint density at radius 2 is 1.56 bits per heavy atom. The van der Waals surface area contributed by atoms with Gasteiger partial charge in [-0.3, -0.25) is 14.4 Å². The van der Waals surface area contributed by atoms with Gasteiger partial charge in [-0.25, -0.2) is 0 Å². The molecule has 0 radical (unpaired) electrons. The number of benzene rings is 2. The molecule has 3 amide bonds. The predicted molar refractivity (Wildman–Crippen MR) is 122 cm³/mol. The van der Waals surface area contributed by atoms with Crippen LogP contribution in [0.4, 0.5) is 5.69 Å². The Balaban J connectivity index is 1.40. The summed E-state index contributed by atoms with van der Waals surface area (Å²) in [6, 6.07) is 14.1. The van der Waals surface area contributed by atoms with E-state index in [4.69, 9.17) is 10.5 Å². The van der Waals surface area contributed by atoms with Crippen molar-refractivity contribution in [3.8, 4) is 5.75 Å². The van der Waals surface area contributed by atoms with E-state index >= 15 is 0 Å². The van der Waals surface area contributed by atoms with Crippen molar-refractivity contribution in [2.45, 2.75) is 44.6 Å². The van der Waals surface area contributed by atoms with Gasteiger partial charge in [-0.2, -0.15) is 0 Å². The maximum atomic E-state index is 13.1. The van der Waals surface area contributed by atoms with Crippen LogP contribution in [0.25, 0.3) is 0 Å². The highest BCUT2D eigenvalue weighted by molar-refractivity contribution is 6.09. The SMILES string of the molecule is NC(=O)C1CCN(C(=O)c2ccccc2NC(=O)c2ccc(OC3CCCC3)cc2)CC1. The van der Waals surface area contributed by atoms with Crippen LogP contribution >= 0.6 is 0 Å². The van der Waals surface area contributed by atoms with Gasteiger partial charge in [-0.15, -0.1) is 0 Å². The quantitative estimate of drug-likeness (QED) is 0.724. The maximum absolute atomic E-state index is 13.1. The topological polar surface area (TPSA) is 102 Å². The third-order valence-corrected chi connectivity index (χ3v) is 6.31. The number of amides is 3. The number of rotatable bonds is 6. The largest absolute Gasteiger partial charge is 0.490 e. The van der Waals surface area contributed by atoms with Gasteiger partial charge in [0.05, 0.1) is 17.4 Å². The Morgan fingerprint density at radius 3 is 2.22 bits per heavy atom. The summed E-state index contributed by atoms with van der Waals surface area (Å²) in [5.41, 5.74) is 6.77. The van der Waals surface area contributed by atoms with E-state index in [0.717, 1.165) is 18.6 Å². The number of hydrogen-bond acceptors (Lipinski definition) is 4. The zero-order valence-corrected chi connectivity index (χ0v) is 18.1. The Kier molecular flexibility index (Phi) is 6.73. The number of nitrogens with two attached hydrogens (primary N) is 1. The van der Waals surface area contributed by atoms with Crippen molar-refractivity contribution in [2.75, 3.05) is 18.4 Å². The van der Waals surface area contributed by atoms with Crippen molar-refractivity contribution < 1.29 is 19.1 Å². The average molecular weight is 436 g/mol. The van der Waals surface area contributed by atoms with Gasteiger partial charge < -0.3 is 20.7 Å². The van der Waals surface area contributed by atoms with Crippen LogP contribution < -0.4 is 15.8 Å². The van der Waals surface area contributed by atoms with E-state index in [1.165, 1.54) is 12.8 Å². The first-order valence-electron chi connectivity index (χ1n) is 11.3. The number of hydrogen-bond donors (Lipinski definition) is 2. The third-order valence-electron chi connectivity index (χ3n) is 6.31. The van der Waals surface area contributed by atoms with E-state index in [2.05, 4.69) is 5.32 Å². The molecule has 0 aromatic heterocycles. The number of primary amides is 1. The molecule has 4 rings (SSSR count). The second-order valence-electron chi connectivity index (χ2n) is 8.52. The summed E-state index contributed by atoms with van der Waals surface area (Å²) >= 11 is 0. The summed E-state index contributed by atoms with van der Waals surface area (Å²) in [6.07, 6.45) is 5.94. The predicted octanol–water partition coefficient (Wildman–Crippen LogP) is 3.60. The van der Waals surface area contributed by atoms with Crippen molar-refractivity contribution in [3.63, 3.8) is 0 Å². The molecule has 0 unspecified atom stereocenters. The van der Waals surface area contributed by atoms with Crippen LogP contribution in [-0.2, 0) is 4.79 Å². The van der Waals surface area contributed by atoms with Gasteiger partial charge in [0.2, 0.25) is 5.91 Å². The monoisotopic (exact) mass is 435 g/mol. The van der Waals surface area contributed by atoms with E-state index in [0.29, 0.717) is 42.7 Å². The van der Waals surface area contributed by atoms with Crippen LogP contribution in [0, 0.1) is 5.92 Å². The summed E-state index contributed by atoms with van der Waals surface area (Å²) in [6.45, 7) is 0.939. The zero-order valence-electron chi connectivity index (χ0n) is 18.1. The van der Waals surface area contributed by atoms with Gasteiger partial charge in [-0.1, -0.05) is 12.1 Å². The number of piperidine rings is 1. The molecule has 7 nitrogen and oxygen atoms in total. The van der Waals surface area contributed by atoms with Gasteiger partial charge >= 0.3 is 0 Å². The lowest BCUT2D eigenvalue weighted by Gasteiger charge is -2.31. The summed E-state index contributed by atoms with van der Waals surface area (Å²) in [5.74, 6) is -0.184. The lowest BCUT2D eigenvalue weighted by Crippen LogP contribution is -2.42. The molecule has 2 fully saturated rings. The first-order valence-corrected chi connectivity index (χ1v) is 11.3. The van der Waals surface area contributed by atoms with E-state index < -0.39 is 0 Å². The van der Waals surface area contributed by atoms with Crippen LogP contribution in [0.2, 0.25) is 0 Å². The number of nitrogens with zero attached hydrogens (tertiary/aromatic N) is 1. The minimum atomic E-state index is -0.315. The highest BCUT2D eigenvalue weighted by atomic mass is 16.5. The minimum Gasteiger partial charge on any atom is -0.490 e. The second-order valence-corrected chi connectivity index (χ2v) is 8.52. The van der Waals surface area contributed by atoms with Gasteiger partial charge in [0.1, 0.15) is 5.75 Å². The standard InChI is InChI=1S/C25H29N3O4/c26-23(29)17-13-15-28(16-14-17)25(31)21-7-3-4-8-22(21)27-24(30)18-9-11-20(12-10-18)32-19-5-1-2-6-19/h3-4,7-12,17,19H,1-2,5-6,13-16H2,(H2,26,29)(H,27,30). The van der Waals surface area contributed by atoms with E-state index in [1.807, 2.05) is 12.1 Å². The maximum Gasteiger partial charge on any atom is 0.255 e. The number of anilines is 1. The zero-order chi connectivity index (χ0) is 22.5. The fourth-order valence-corrected chi connectivity index (χ4v) is 4.39. The first-order chi connectivity index (χ1) is 15.5. The van der Waals surface area contributed by atoms with Crippen molar-refractivity contribution >= 4 is 23.4 Å². The molecule has 1 saturated heterocycles. The molecule has 168 valence electrons. The lowest BCUT2D eigenvalue weighted by molar-refractivity contribution is -0.123. The van der Waals surface area contributed by atoms with E-state index in [-0.39, 0.29) is 29.7 Å². The van der Waals surface area contributed by atoms with Crippen LogP contribution in [0.3, 0.4) is 0 Å². The average Bonchev–Trinajstić information content (AvgIpc) is 3.32. The fraction of sp³-hybridized carbons (Fsp3) is 0.400. The van der Waals surface area contributed by atoms with Gasteiger partial charge in [0, 0.05) is 24.6 Å². The van der Waals surface area contributed by atoms with E-state index in [9.17, 15) is 14.4 Å². The summed E-state index contributed by atoms with van der Waals surface area (Å²) in [5, 5.41) is 2.87. The van der Waals surface area contributed by atoms with Crippen molar-refractivity contribution in [1.82, 2.24) is 4.90 Å². The molecule has 2 aliphatic rings. The molecule has 0 atom stereocenters. The van der Waals surface area contributed by atoms with Crippen molar-refractivity contribution in [2.24, 2.45) is 11.7 Å². The molecule has 0 bridgehead atoms. The minimum absolute atomic E-state index is 0.163. The molecule has 1 aliphatic heterocycles. The van der Waals surface area contributed by atoms with Gasteiger partial charge in [0.25, 0.3) is 11.8 Å². The van der Waals surface area contributed by atoms with Gasteiger partial charge in [-0.05, 0) is 74.9 Å². The molecule has 1 saturated carbocycles. The van der Waals surface area contributed by atoms with Crippen molar-refractivity contribution in [1.29, 1.82) is 0 Å². The molecule has 7 heteroatoms. The van der Waals surface area contributed by atoms with Crippen LogP contribution in [0.5, 0.6) is 5.75 Å². The molecule has 32 heavy (non-hydrogen) atoms. The van der Waals surface area contributed by atoms with Crippen molar-refractivity contribution in [3.05, 3.63) is 59.7 Å². The Labute approximate surface area is 187 Å². The number of nitrogens with one attached hydrogen (secondary N) is 1. The lowest BCUT2D eigenvalue weighted by atomic mass is 9.95. The Morgan fingerprint density at radius 1 is 0.906 bits per heavy atom. The molecule has 1 aliphatic carbocycles. The number of para-hydroxylation sites is 1. The normalized spacial score (nSPS) is 17.2. The molecule has 3 N–H and O–H groups in total. The highest BCUT2D eigenvalue weighted by Gasteiger charge is 2.27.